The fourth-order valence-electron chi connectivity index (χ4n) is 1.72. The van der Waals surface area contributed by atoms with Crippen LogP contribution < -0.4 is 0 Å². The van der Waals surface area contributed by atoms with Crippen LogP contribution in [-0.4, -0.2) is 0 Å². The number of hydrogen-bond acceptors (Lipinski definition) is 1. The lowest BCUT2D eigenvalue weighted by Gasteiger charge is -2.12. The second-order valence-electron chi connectivity index (χ2n) is 4.41. The van der Waals surface area contributed by atoms with Crippen molar-refractivity contribution >= 4 is 92.8 Å². The van der Waals surface area contributed by atoms with Crippen molar-refractivity contribution in [3.63, 3.8) is 0 Å². The lowest BCUT2D eigenvalue weighted by Crippen LogP contribution is -1.97. The number of halogens is 8. The Morgan fingerprint density at radius 1 is 0.522 bits per heavy atom. The first-order chi connectivity index (χ1) is 10.7. The van der Waals surface area contributed by atoms with Crippen molar-refractivity contribution in [3.8, 4) is 0 Å². The highest BCUT2D eigenvalue weighted by Gasteiger charge is 2.15. The van der Waals surface area contributed by atoms with Crippen LogP contribution in [0.4, 0.5) is 0 Å². The molecule has 2 rings (SSSR count). The van der Waals surface area contributed by atoms with E-state index in [1.165, 1.54) is 0 Å². The summed E-state index contributed by atoms with van der Waals surface area (Å²) in [4.78, 5) is 0. The van der Waals surface area contributed by atoms with Crippen molar-refractivity contribution in [1.29, 1.82) is 0 Å². The van der Waals surface area contributed by atoms with Gasteiger partial charge in [-0.25, -0.2) is 0 Å². The first-order valence-electron chi connectivity index (χ1n) is 5.95. The van der Waals surface area contributed by atoms with E-state index in [1.54, 1.807) is 12.1 Å². The Bertz CT molecular complexity index is 696. The minimum absolute atomic E-state index is 0.142. The molecule has 1 nitrogen and oxygen atoms in total. The van der Waals surface area contributed by atoms with Crippen molar-refractivity contribution in [3.05, 3.63) is 63.4 Å². The number of benzene rings is 2. The predicted octanol–water partition coefficient (Wildman–Crippen LogP) is 8.63. The van der Waals surface area contributed by atoms with E-state index >= 15 is 0 Å². The van der Waals surface area contributed by atoms with Crippen LogP contribution in [0.15, 0.2) is 12.1 Å². The Morgan fingerprint density at radius 2 is 0.870 bits per heavy atom. The highest BCUT2D eigenvalue weighted by molar-refractivity contribution is 6.52. The number of hydrogen-bond donors (Lipinski definition) is 0. The molecule has 0 saturated heterocycles. The van der Waals surface area contributed by atoms with E-state index in [0.717, 1.165) is 0 Å². The van der Waals surface area contributed by atoms with Gasteiger partial charge in [0.2, 0.25) is 0 Å². The summed E-state index contributed by atoms with van der Waals surface area (Å²) in [5, 5.41) is 1.87. The molecule has 0 N–H and O–H groups in total. The Labute approximate surface area is 173 Å². The Balaban J connectivity index is 2.15. The maximum absolute atomic E-state index is 6.11. The molecule has 0 aliphatic carbocycles. The summed E-state index contributed by atoms with van der Waals surface area (Å²) in [5.41, 5.74) is 1.18. The first kappa shape index (κ1) is 20.0. The van der Waals surface area contributed by atoms with Crippen LogP contribution in [0.5, 0.6) is 0 Å². The Hall–Kier alpha value is 0.720. The van der Waals surface area contributed by atoms with Gasteiger partial charge in [-0.05, 0) is 23.3 Å². The molecule has 0 saturated carbocycles. The molecule has 0 bridgehead atoms. The number of rotatable bonds is 4. The molecule has 0 aliphatic rings. The fourth-order valence-corrected chi connectivity index (χ4v) is 3.52. The Kier molecular flexibility index (Phi) is 7.32. The van der Waals surface area contributed by atoms with E-state index in [2.05, 4.69) is 0 Å². The van der Waals surface area contributed by atoms with Crippen LogP contribution in [0.3, 0.4) is 0 Å². The standard InChI is InChI=1S/C14H6Cl8O/c15-7-1-5(9(17)13(21)11(7)19)3-23-4-6-2-8(16)12(20)14(22)10(6)18/h1-2H,3-4H2. The van der Waals surface area contributed by atoms with Crippen molar-refractivity contribution in [1.82, 2.24) is 0 Å². The minimum atomic E-state index is 0.142. The molecular formula is C14H6Cl8O. The van der Waals surface area contributed by atoms with Gasteiger partial charge < -0.3 is 4.74 Å². The summed E-state index contributed by atoms with van der Waals surface area (Å²) in [6, 6.07) is 3.17. The molecule has 2 aromatic carbocycles. The van der Waals surface area contributed by atoms with Gasteiger partial charge in [-0.3, -0.25) is 0 Å². The molecule has 0 atom stereocenters. The first-order valence-corrected chi connectivity index (χ1v) is 8.97. The van der Waals surface area contributed by atoms with Crippen LogP contribution in [0.2, 0.25) is 40.2 Å². The average Bonchev–Trinajstić information content (AvgIpc) is 2.52. The monoisotopic (exact) mass is 470 g/mol. The molecule has 0 radical (unpaired) electrons. The van der Waals surface area contributed by atoms with E-state index in [1.807, 2.05) is 0 Å². The van der Waals surface area contributed by atoms with Gasteiger partial charge in [-0.2, -0.15) is 0 Å². The summed E-state index contributed by atoms with van der Waals surface area (Å²) in [6.45, 7) is 0.285. The second-order valence-corrected chi connectivity index (χ2v) is 7.49. The SMILES string of the molecule is Clc1cc(COCc2cc(Cl)c(Cl)c(Cl)c2Cl)c(Cl)c(Cl)c1Cl. The number of ether oxygens (including phenoxy) is 1. The lowest BCUT2D eigenvalue weighted by molar-refractivity contribution is 0.107. The topological polar surface area (TPSA) is 9.23 Å². The van der Waals surface area contributed by atoms with Crippen LogP contribution >= 0.6 is 92.8 Å². The molecule has 0 spiro atoms. The van der Waals surface area contributed by atoms with Crippen LogP contribution in [0.1, 0.15) is 11.1 Å². The van der Waals surface area contributed by atoms with Crippen molar-refractivity contribution in [2.45, 2.75) is 13.2 Å². The van der Waals surface area contributed by atoms with Crippen molar-refractivity contribution in [2.24, 2.45) is 0 Å². The molecular weight excluding hydrogens is 468 g/mol. The largest absolute Gasteiger partial charge is 0.372 e. The zero-order valence-electron chi connectivity index (χ0n) is 11.0. The molecule has 0 unspecified atom stereocenters. The normalized spacial score (nSPS) is 11.1. The van der Waals surface area contributed by atoms with Gasteiger partial charge in [0, 0.05) is 0 Å². The molecule has 0 heterocycles. The van der Waals surface area contributed by atoms with Gasteiger partial charge in [0.15, 0.2) is 0 Å². The summed E-state index contributed by atoms with van der Waals surface area (Å²) in [6.07, 6.45) is 0. The van der Waals surface area contributed by atoms with E-state index in [-0.39, 0.29) is 53.4 Å². The zero-order valence-corrected chi connectivity index (χ0v) is 17.0. The summed E-state index contributed by atoms with van der Waals surface area (Å²) in [7, 11) is 0. The molecule has 23 heavy (non-hydrogen) atoms. The third-order valence-corrected chi connectivity index (χ3v) is 6.45. The predicted molar refractivity (Wildman–Crippen MR) is 101 cm³/mol. The van der Waals surface area contributed by atoms with Crippen LogP contribution in [0.25, 0.3) is 0 Å². The highest BCUT2D eigenvalue weighted by Crippen LogP contribution is 2.40. The van der Waals surface area contributed by atoms with Crippen LogP contribution in [0, 0.1) is 0 Å². The van der Waals surface area contributed by atoms with Gasteiger partial charge >= 0.3 is 0 Å². The molecule has 0 aromatic heterocycles. The van der Waals surface area contributed by atoms with E-state index in [9.17, 15) is 0 Å². The zero-order chi connectivity index (χ0) is 17.3. The molecule has 0 fully saturated rings. The van der Waals surface area contributed by atoms with Gasteiger partial charge in [0.1, 0.15) is 0 Å². The van der Waals surface area contributed by atoms with Gasteiger partial charge in [-0.1, -0.05) is 92.8 Å². The minimum Gasteiger partial charge on any atom is -0.372 e. The van der Waals surface area contributed by atoms with Crippen molar-refractivity contribution in [2.75, 3.05) is 0 Å². The maximum atomic E-state index is 6.11. The molecule has 2 aromatic rings. The van der Waals surface area contributed by atoms with E-state index in [4.69, 9.17) is 97.5 Å². The summed E-state index contributed by atoms with van der Waals surface area (Å²) in [5.74, 6) is 0. The average molecular weight is 474 g/mol. The van der Waals surface area contributed by atoms with Crippen LogP contribution in [-0.2, 0) is 18.0 Å². The summed E-state index contributed by atoms with van der Waals surface area (Å²) >= 11 is 48.0. The van der Waals surface area contributed by atoms with Crippen molar-refractivity contribution < 1.29 is 4.74 Å². The quantitative estimate of drug-likeness (QED) is 0.319. The van der Waals surface area contributed by atoms with Gasteiger partial charge in [0.25, 0.3) is 0 Å². The Morgan fingerprint density at radius 3 is 1.22 bits per heavy atom. The molecule has 0 amide bonds. The van der Waals surface area contributed by atoms with Gasteiger partial charge in [0.05, 0.1) is 53.4 Å². The summed E-state index contributed by atoms with van der Waals surface area (Å²) < 4.78 is 5.58. The van der Waals surface area contributed by atoms with E-state index < -0.39 is 0 Å². The fraction of sp³-hybridized carbons (Fsp3) is 0.143. The highest BCUT2D eigenvalue weighted by atomic mass is 35.5. The molecule has 9 heteroatoms. The molecule has 0 aliphatic heterocycles. The molecule has 124 valence electrons. The third-order valence-electron chi connectivity index (χ3n) is 2.87. The smallest absolute Gasteiger partial charge is 0.0797 e. The van der Waals surface area contributed by atoms with E-state index in [0.29, 0.717) is 11.1 Å². The van der Waals surface area contributed by atoms with Gasteiger partial charge in [-0.15, -0.1) is 0 Å². The maximum Gasteiger partial charge on any atom is 0.0797 e. The second kappa shape index (κ2) is 8.40. The lowest BCUT2D eigenvalue weighted by atomic mass is 10.2. The third kappa shape index (κ3) is 4.47.